The Bertz CT molecular complexity index is 389. The van der Waals surface area contributed by atoms with Crippen molar-refractivity contribution in [2.75, 3.05) is 59.0 Å². The van der Waals surface area contributed by atoms with Gasteiger partial charge in [-0.1, -0.05) is 6.92 Å². The van der Waals surface area contributed by atoms with E-state index in [1.165, 1.54) is 12.8 Å². The van der Waals surface area contributed by atoms with E-state index in [0.29, 0.717) is 0 Å². The summed E-state index contributed by atoms with van der Waals surface area (Å²) >= 11 is 0. The molecule has 0 bridgehead atoms. The first kappa shape index (κ1) is 19.5. The van der Waals surface area contributed by atoms with Crippen LogP contribution in [0, 0.1) is 0 Å². The number of rotatable bonds is 9. The molecule has 2 N–H and O–H groups in total. The molecule has 1 saturated carbocycles. The summed E-state index contributed by atoms with van der Waals surface area (Å²) in [5.74, 6) is 0.936. The Kier molecular flexibility index (Phi) is 7.78. The molecule has 2 aliphatic rings. The van der Waals surface area contributed by atoms with Crippen molar-refractivity contribution in [2.45, 2.75) is 52.1 Å². The third-order valence-corrected chi connectivity index (χ3v) is 5.00. The minimum absolute atomic E-state index is 0.0651. The van der Waals surface area contributed by atoms with Gasteiger partial charge in [0.1, 0.15) is 0 Å². The summed E-state index contributed by atoms with van der Waals surface area (Å²) < 4.78 is 5.46. The standard InChI is InChI=1S/C18H37N5O/c1-5-19-17(20-9-10-22(6-2)16-7-8-16)21-15-18(3,4)23-11-13-24-14-12-23/h16H,5-15H2,1-4H3,(H2,19,20,21). The second-order valence-electron chi connectivity index (χ2n) is 7.39. The second kappa shape index (κ2) is 9.59. The van der Waals surface area contributed by atoms with E-state index < -0.39 is 0 Å². The lowest BCUT2D eigenvalue weighted by atomic mass is 10.0. The van der Waals surface area contributed by atoms with Gasteiger partial charge in [-0.25, -0.2) is 0 Å². The van der Waals surface area contributed by atoms with E-state index in [9.17, 15) is 0 Å². The predicted molar refractivity (Wildman–Crippen MR) is 101 cm³/mol. The van der Waals surface area contributed by atoms with E-state index in [4.69, 9.17) is 9.73 Å². The second-order valence-corrected chi connectivity index (χ2v) is 7.39. The van der Waals surface area contributed by atoms with Crippen LogP contribution in [0.15, 0.2) is 4.99 Å². The van der Waals surface area contributed by atoms with Crippen LogP contribution >= 0.6 is 0 Å². The molecule has 140 valence electrons. The highest BCUT2D eigenvalue weighted by atomic mass is 16.5. The number of aliphatic imine (C=N–C) groups is 1. The monoisotopic (exact) mass is 339 g/mol. The van der Waals surface area contributed by atoms with Gasteiger partial charge in [0.25, 0.3) is 0 Å². The minimum atomic E-state index is 0.0651. The van der Waals surface area contributed by atoms with Crippen LogP contribution in [0.1, 0.15) is 40.5 Å². The Morgan fingerprint density at radius 1 is 1.21 bits per heavy atom. The van der Waals surface area contributed by atoms with Gasteiger partial charge in [-0.3, -0.25) is 14.8 Å². The van der Waals surface area contributed by atoms with Gasteiger partial charge in [0, 0.05) is 44.3 Å². The Balaban J connectivity index is 1.80. The molecular weight excluding hydrogens is 302 g/mol. The van der Waals surface area contributed by atoms with Gasteiger partial charge in [-0.2, -0.15) is 0 Å². The molecule has 6 heteroatoms. The quantitative estimate of drug-likeness (QED) is 0.487. The van der Waals surface area contributed by atoms with Gasteiger partial charge in [0.15, 0.2) is 5.96 Å². The minimum Gasteiger partial charge on any atom is -0.379 e. The molecule has 0 aromatic heterocycles. The van der Waals surface area contributed by atoms with E-state index in [-0.39, 0.29) is 5.54 Å². The van der Waals surface area contributed by atoms with Crippen molar-refractivity contribution in [3.05, 3.63) is 0 Å². The fourth-order valence-electron chi connectivity index (χ4n) is 3.24. The van der Waals surface area contributed by atoms with Gasteiger partial charge >= 0.3 is 0 Å². The SMILES string of the molecule is CCNC(=NCC(C)(C)N1CCOCC1)NCCN(CC)C1CC1. The van der Waals surface area contributed by atoms with E-state index in [1.54, 1.807) is 0 Å². The van der Waals surface area contributed by atoms with E-state index in [0.717, 1.165) is 71.0 Å². The normalized spacial score (nSPS) is 20.5. The van der Waals surface area contributed by atoms with Gasteiger partial charge in [-0.05, 0) is 40.2 Å². The highest BCUT2D eigenvalue weighted by molar-refractivity contribution is 5.79. The number of guanidine groups is 1. The van der Waals surface area contributed by atoms with E-state index in [1.807, 2.05) is 0 Å². The van der Waals surface area contributed by atoms with E-state index >= 15 is 0 Å². The summed E-state index contributed by atoms with van der Waals surface area (Å²) in [6.07, 6.45) is 2.74. The summed E-state index contributed by atoms with van der Waals surface area (Å²) in [6.45, 7) is 17.5. The van der Waals surface area contributed by atoms with E-state index in [2.05, 4.69) is 48.1 Å². The largest absolute Gasteiger partial charge is 0.379 e. The van der Waals surface area contributed by atoms with Crippen LogP contribution in [-0.2, 0) is 4.74 Å². The maximum atomic E-state index is 5.46. The molecule has 24 heavy (non-hydrogen) atoms. The lowest BCUT2D eigenvalue weighted by Crippen LogP contribution is -2.52. The van der Waals surface area contributed by atoms with Crippen molar-refractivity contribution in [3.8, 4) is 0 Å². The Morgan fingerprint density at radius 2 is 1.92 bits per heavy atom. The highest BCUT2D eigenvalue weighted by Gasteiger charge is 2.28. The van der Waals surface area contributed by atoms with Crippen LogP contribution in [0.2, 0.25) is 0 Å². The number of hydrogen-bond acceptors (Lipinski definition) is 4. The molecule has 1 aliphatic heterocycles. The molecule has 0 radical (unpaired) electrons. The number of nitrogens with one attached hydrogen (secondary N) is 2. The molecule has 1 aliphatic carbocycles. The number of hydrogen-bond donors (Lipinski definition) is 2. The molecule has 6 nitrogen and oxygen atoms in total. The molecule has 0 aromatic rings. The molecule has 0 atom stereocenters. The fourth-order valence-corrected chi connectivity index (χ4v) is 3.24. The first-order valence-corrected chi connectivity index (χ1v) is 9.66. The van der Waals surface area contributed by atoms with Crippen LogP contribution in [0.5, 0.6) is 0 Å². The number of morpholine rings is 1. The van der Waals surface area contributed by atoms with Gasteiger partial charge in [-0.15, -0.1) is 0 Å². The first-order chi connectivity index (χ1) is 11.6. The summed E-state index contributed by atoms with van der Waals surface area (Å²) in [4.78, 5) is 9.88. The Hall–Kier alpha value is -0.850. The van der Waals surface area contributed by atoms with Crippen LogP contribution in [0.4, 0.5) is 0 Å². The van der Waals surface area contributed by atoms with Gasteiger partial charge in [0.2, 0.25) is 0 Å². The maximum absolute atomic E-state index is 5.46. The molecule has 0 unspecified atom stereocenters. The molecule has 2 rings (SSSR count). The molecule has 0 spiro atoms. The van der Waals surface area contributed by atoms with Gasteiger partial charge < -0.3 is 15.4 Å². The lowest BCUT2D eigenvalue weighted by molar-refractivity contribution is -0.00683. The summed E-state index contributed by atoms with van der Waals surface area (Å²) in [5, 5.41) is 6.87. The van der Waals surface area contributed by atoms with Crippen molar-refractivity contribution in [1.82, 2.24) is 20.4 Å². The zero-order valence-electron chi connectivity index (χ0n) is 16.1. The predicted octanol–water partition coefficient (Wildman–Crippen LogP) is 1.14. The summed E-state index contributed by atoms with van der Waals surface area (Å²) in [7, 11) is 0. The zero-order valence-corrected chi connectivity index (χ0v) is 16.1. The number of ether oxygens (including phenoxy) is 1. The summed E-state index contributed by atoms with van der Waals surface area (Å²) in [6, 6.07) is 0.830. The smallest absolute Gasteiger partial charge is 0.191 e. The number of likely N-dealkylation sites (N-methyl/N-ethyl adjacent to an activating group) is 1. The first-order valence-electron chi connectivity index (χ1n) is 9.66. The van der Waals surface area contributed by atoms with Crippen LogP contribution in [0.25, 0.3) is 0 Å². The number of nitrogens with zero attached hydrogens (tertiary/aromatic N) is 3. The van der Waals surface area contributed by atoms with Crippen molar-refractivity contribution in [3.63, 3.8) is 0 Å². The van der Waals surface area contributed by atoms with Crippen molar-refractivity contribution >= 4 is 5.96 Å². The third-order valence-electron chi connectivity index (χ3n) is 5.00. The van der Waals surface area contributed by atoms with Crippen molar-refractivity contribution in [1.29, 1.82) is 0 Å². The molecule has 0 aromatic carbocycles. The van der Waals surface area contributed by atoms with Crippen LogP contribution in [-0.4, -0.2) is 86.4 Å². The van der Waals surface area contributed by atoms with Crippen LogP contribution in [0.3, 0.4) is 0 Å². The average molecular weight is 340 g/mol. The van der Waals surface area contributed by atoms with Crippen molar-refractivity contribution < 1.29 is 4.74 Å². The third kappa shape index (κ3) is 6.22. The fraction of sp³-hybridized carbons (Fsp3) is 0.944. The van der Waals surface area contributed by atoms with Crippen LogP contribution < -0.4 is 10.6 Å². The molecule has 1 heterocycles. The molecule has 2 fully saturated rings. The summed E-state index contributed by atoms with van der Waals surface area (Å²) in [5.41, 5.74) is 0.0651. The van der Waals surface area contributed by atoms with Crippen molar-refractivity contribution in [2.24, 2.45) is 4.99 Å². The highest BCUT2D eigenvalue weighted by Crippen LogP contribution is 2.25. The molecule has 0 amide bonds. The lowest BCUT2D eigenvalue weighted by Gasteiger charge is -2.39. The average Bonchev–Trinajstić information content (AvgIpc) is 3.42. The molecule has 1 saturated heterocycles. The Labute approximate surface area is 148 Å². The topological polar surface area (TPSA) is 52.1 Å². The zero-order chi connectivity index (χ0) is 17.4. The Morgan fingerprint density at radius 3 is 2.50 bits per heavy atom. The maximum Gasteiger partial charge on any atom is 0.191 e. The van der Waals surface area contributed by atoms with Gasteiger partial charge in [0.05, 0.1) is 19.8 Å². The molecular formula is C18H37N5O.